The van der Waals surface area contributed by atoms with E-state index in [-0.39, 0.29) is 5.82 Å². The summed E-state index contributed by atoms with van der Waals surface area (Å²) in [5.74, 6) is 0.313. The summed E-state index contributed by atoms with van der Waals surface area (Å²) in [6, 6.07) is 1.33. The minimum atomic E-state index is -0.385. The van der Waals surface area contributed by atoms with Gasteiger partial charge in [-0.1, -0.05) is 0 Å². The molecule has 1 aromatic rings. The number of aromatic nitrogens is 1. The van der Waals surface area contributed by atoms with Crippen molar-refractivity contribution < 1.29 is 9.13 Å². The van der Waals surface area contributed by atoms with Crippen LogP contribution < -0.4 is 10.6 Å². The van der Waals surface area contributed by atoms with E-state index in [2.05, 4.69) is 9.88 Å². The van der Waals surface area contributed by atoms with Crippen molar-refractivity contribution in [1.82, 2.24) is 4.98 Å². The normalized spacial score (nSPS) is 21.4. The molecule has 5 heteroatoms. The molecule has 0 atom stereocenters. The van der Waals surface area contributed by atoms with E-state index < -0.39 is 0 Å². The molecular formula is C14H20FN3O. The van der Waals surface area contributed by atoms with E-state index in [1.807, 2.05) is 0 Å². The van der Waals surface area contributed by atoms with Gasteiger partial charge in [0.15, 0.2) is 5.82 Å². The van der Waals surface area contributed by atoms with Gasteiger partial charge in [-0.25, -0.2) is 9.37 Å². The summed E-state index contributed by atoms with van der Waals surface area (Å²) in [6.45, 7) is 1.75. The van der Waals surface area contributed by atoms with Crippen molar-refractivity contribution in [2.75, 3.05) is 23.7 Å². The van der Waals surface area contributed by atoms with Crippen molar-refractivity contribution >= 4 is 11.5 Å². The molecule has 1 aromatic heterocycles. The molecule has 0 radical (unpaired) electrons. The summed E-state index contributed by atoms with van der Waals surface area (Å²) in [7, 11) is 0. The molecule has 2 heterocycles. The van der Waals surface area contributed by atoms with Crippen molar-refractivity contribution in [3.8, 4) is 0 Å². The molecule has 2 fully saturated rings. The summed E-state index contributed by atoms with van der Waals surface area (Å²) in [5, 5.41) is 0. The molecule has 0 unspecified atom stereocenters. The Kier molecular flexibility index (Phi) is 3.55. The molecule has 1 saturated carbocycles. The van der Waals surface area contributed by atoms with E-state index in [1.165, 1.54) is 31.5 Å². The van der Waals surface area contributed by atoms with Gasteiger partial charge in [0.25, 0.3) is 0 Å². The second-order valence-corrected chi connectivity index (χ2v) is 5.44. The lowest BCUT2D eigenvalue weighted by atomic mass is 9.95. The molecular weight excluding hydrogens is 245 g/mol. The number of piperidine rings is 1. The van der Waals surface area contributed by atoms with E-state index >= 15 is 0 Å². The average Bonchev–Trinajstić information content (AvgIpc) is 2.35. The summed E-state index contributed by atoms with van der Waals surface area (Å²) >= 11 is 0. The predicted molar refractivity (Wildman–Crippen MR) is 72.6 cm³/mol. The monoisotopic (exact) mass is 265 g/mol. The van der Waals surface area contributed by atoms with Crippen LogP contribution in [-0.4, -0.2) is 30.3 Å². The zero-order valence-electron chi connectivity index (χ0n) is 11.0. The first-order chi connectivity index (χ1) is 9.22. The second kappa shape index (κ2) is 5.33. The third-order valence-corrected chi connectivity index (χ3v) is 4.04. The summed E-state index contributed by atoms with van der Waals surface area (Å²) in [4.78, 5) is 6.22. The van der Waals surface area contributed by atoms with Gasteiger partial charge < -0.3 is 15.4 Å². The van der Waals surface area contributed by atoms with Gasteiger partial charge in [0, 0.05) is 19.2 Å². The lowest BCUT2D eigenvalue weighted by Gasteiger charge is -2.37. The fourth-order valence-electron chi connectivity index (χ4n) is 2.69. The SMILES string of the molecule is Nc1cc(F)cnc1N1CCC(OC2CCC2)CC1. The van der Waals surface area contributed by atoms with Crippen LogP contribution in [0.25, 0.3) is 0 Å². The average molecular weight is 265 g/mol. The number of ether oxygens (including phenoxy) is 1. The first-order valence-corrected chi connectivity index (χ1v) is 7.04. The lowest BCUT2D eigenvalue weighted by Crippen LogP contribution is -2.40. The number of halogens is 1. The highest BCUT2D eigenvalue weighted by atomic mass is 19.1. The van der Waals surface area contributed by atoms with E-state index in [0.29, 0.717) is 23.7 Å². The number of rotatable bonds is 3. The van der Waals surface area contributed by atoms with E-state index in [1.54, 1.807) is 0 Å². The van der Waals surface area contributed by atoms with E-state index in [9.17, 15) is 4.39 Å². The van der Waals surface area contributed by atoms with Crippen molar-refractivity contribution in [3.63, 3.8) is 0 Å². The minimum Gasteiger partial charge on any atom is -0.396 e. The quantitative estimate of drug-likeness (QED) is 0.911. The largest absolute Gasteiger partial charge is 0.396 e. The standard InChI is InChI=1S/C14H20FN3O/c15-10-8-13(16)14(17-9-10)18-6-4-12(5-7-18)19-11-2-1-3-11/h8-9,11-12H,1-7,16H2. The Morgan fingerprint density at radius 1 is 1.21 bits per heavy atom. The van der Waals surface area contributed by atoms with Crippen LogP contribution in [0.5, 0.6) is 0 Å². The number of pyridine rings is 1. The third kappa shape index (κ3) is 2.81. The molecule has 1 aliphatic heterocycles. The molecule has 0 aromatic carbocycles. The maximum absolute atomic E-state index is 13.0. The van der Waals surface area contributed by atoms with Crippen molar-refractivity contribution in [3.05, 3.63) is 18.1 Å². The Bertz CT molecular complexity index is 442. The first-order valence-electron chi connectivity index (χ1n) is 7.04. The van der Waals surface area contributed by atoms with Crippen LogP contribution in [-0.2, 0) is 4.74 Å². The Hall–Kier alpha value is -1.36. The zero-order chi connectivity index (χ0) is 13.2. The maximum atomic E-state index is 13.0. The van der Waals surface area contributed by atoms with Crippen LogP contribution >= 0.6 is 0 Å². The summed E-state index contributed by atoms with van der Waals surface area (Å²) < 4.78 is 19.0. The van der Waals surface area contributed by atoms with Gasteiger partial charge in [-0.15, -0.1) is 0 Å². The van der Waals surface area contributed by atoms with Crippen LogP contribution in [0.3, 0.4) is 0 Å². The number of anilines is 2. The molecule has 2 N–H and O–H groups in total. The number of nitrogens with zero attached hydrogens (tertiary/aromatic N) is 2. The topological polar surface area (TPSA) is 51.4 Å². The molecule has 19 heavy (non-hydrogen) atoms. The van der Waals surface area contributed by atoms with Gasteiger partial charge >= 0.3 is 0 Å². The highest BCUT2D eigenvalue weighted by Gasteiger charge is 2.26. The fourth-order valence-corrected chi connectivity index (χ4v) is 2.69. The number of hydrogen-bond acceptors (Lipinski definition) is 4. The smallest absolute Gasteiger partial charge is 0.151 e. The highest BCUT2D eigenvalue weighted by molar-refractivity contribution is 5.62. The number of nitrogen functional groups attached to an aromatic ring is 1. The van der Waals surface area contributed by atoms with E-state index in [0.717, 1.165) is 25.9 Å². The van der Waals surface area contributed by atoms with Gasteiger partial charge in [0.05, 0.1) is 24.1 Å². The molecule has 1 aliphatic carbocycles. The molecule has 3 rings (SSSR count). The minimum absolute atomic E-state index is 0.364. The Morgan fingerprint density at radius 2 is 1.89 bits per heavy atom. The first kappa shape index (κ1) is 12.7. The van der Waals surface area contributed by atoms with Crippen molar-refractivity contribution in [1.29, 1.82) is 0 Å². The highest BCUT2D eigenvalue weighted by Crippen LogP contribution is 2.29. The van der Waals surface area contributed by atoms with Crippen LogP contribution in [0.1, 0.15) is 32.1 Å². The molecule has 4 nitrogen and oxygen atoms in total. The lowest BCUT2D eigenvalue weighted by molar-refractivity contribution is -0.0596. The number of nitrogens with two attached hydrogens (primary N) is 1. The van der Waals surface area contributed by atoms with E-state index in [4.69, 9.17) is 10.5 Å². The molecule has 2 aliphatic rings. The summed E-state index contributed by atoms with van der Waals surface area (Å²) in [6.07, 6.45) is 7.81. The second-order valence-electron chi connectivity index (χ2n) is 5.44. The Balaban J connectivity index is 1.56. The van der Waals surface area contributed by atoms with Gasteiger partial charge in [0.1, 0.15) is 5.82 Å². The maximum Gasteiger partial charge on any atom is 0.151 e. The Morgan fingerprint density at radius 3 is 2.47 bits per heavy atom. The summed E-state index contributed by atoms with van der Waals surface area (Å²) in [5.41, 5.74) is 6.24. The molecule has 0 bridgehead atoms. The zero-order valence-corrected chi connectivity index (χ0v) is 11.0. The molecule has 0 amide bonds. The van der Waals surface area contributed by atoms with Crippen LogP contribution in [0.4, 0.5) is 15.9 Å². The predicted octanol–water partition coefficient (Wildman–Crippen LogP) is 2.34. The van der Waals surface area contributed by atoms with Gasteiger partial charge in [-0.2, -0.15) is 0 Å². The van der Waals surface area contributed by atoms with Gasteiger partial charge in [0.2, 0.25) is 0 Å². The number of hydrogen-bond donors (Lipinski definition) is 1. The van der Waals surface area contributed by atoms with Crippen molar-refractivity contribution in [2.24, 2.45) is 0 Å². The van der Waals surface area contributed by atoms with Gasteiger partial charge in [-0.05, 0) is 32.1 Å². The molecule has 104 valence electrons. The van der Waals surface area contributed by atoms with Crippen LogP contribution in [0.15, 0.2) is 12.3 Å². The van der Waals surface area contributed by atoms with Crippen molar-refractivity contribution in [2.45, 2.75) is 44.3 Å². The molecule has 0 spiro atoms. The van der Waals surface area contributed by atoms with Crippen LogP contribution in [0.2, 0.25) is 0 Å². The fraction of sp³-hybridized carbons (Fsp3) is 0.643. The Labute approximate surface area is 112 Å². The molecule has 1 saturated heterocycles. The third-order valence-electron chi connectivity index (χ3n) is 4.04. The van der Waals surface area contributed by atoms with Gasteiger partial charge in [-0.3, -0.25) is 0 Å². The van der Waals surface area contributed by atoms with Crippen LogP contribution in [0, 0.1) is 5.82 Å².